The number of hydrogen-bond acceptors (Lipinski definition) is 2. The van der Waals surface area contributed by atoms with Gasteiger partial charge in [-0.1, -0.05) is 32.0 Å². The summed E-state index contributed by atoms with van der Waals surface area (Å²) in [5.41, 5.74) is 7.57. The van der Waals surface area contributed by atoms with E-state index in [0.29, 0.717) is 12.5 Å². The van der Waals surface area contributed by atoms with Crippen LogP contribution in [0.2, 0.25) is 0 Å². The van der Waals surface area contributed by atoms with E-state index in [1.165, 1.54) is 0 Å². The monoisotopic (exact) mass is 248 g/mol. The van der Waals surface area contributed by atoms with Crippen molar-refractivity contribution in [1.29, 1.82) is 0 Å². The Morgan fingerprint density at radius 1 is 1.33 bits per heavy atom. The highest BCUT2D eigenvalue weighted by Crippen LogP contribution is 2.13. The van der Waals surface area contributed by atoms with E-state index in [9.17, 15) is 4.79 Å². The van der Waals surface area contributed by atoms with Crippen LogP contribution in [0.25, 0.3) is 0 Å². The molecule has 100 valence electrons. The summed E-state index contributed by atoms with van der Waals surface area (Å²) in [6, 6.07) is 7.84. The minimum absolute atomic E-state index is 0.121. The predicted molar refractivity (Wildman–Crippen MR) is 75.6 cm³/mol. The van der Waals surface area contributed by atoms with Gasteiger partial charge >= 0.3 is 0 Å². The van der Waals surface area contributed by atoms with Crippen LogP contribution < -0.4 is 5.73 Å². The van der Waals surface area contributed by atoms with Gasteiger partial charge in [-0.3, -0.25) is 4.79 Å². The molecule has 1 unspecified atom stereocenters. The molecule has 0 aliphatic carbocycles. The molecule has 0 radical (unpaired) electrons. The van der Waals surface area contributed by atoms with Crippen molar-refractivity contribution in [1.82, 2.24) is 4.90 Å². The number of carbonyl (C=O) groups excluding carboxylic acids is 1. The van der Waals surface area contributed by atoms with E-state index >= 15 is 0 Å². The van der Waals surface area contributed by atoms with Gasteiger partial charge in [0.1, 0.15) is 0 Å². The molecule has 0 fully saturated rings. The Morgan fingerprint density at radius 3 is 2.56 bits per heavy atom. The van der Waals surface area contributed by atoms with Crippen molar-refractivity contribution >= 4 is 5.91 Å². The molecule has 2 N–H and O–H groups in total. The van der Waals surface area contributed by atoms with Crippen molar-refractivity contribution < 1.29 is 4.79 Å². The van der Waals surface area contributed by atoms with Gasteiger partial charge in [-0.15, -0.1) is 0 Å². The Morgan fingerprint density at radius 2 is 2.00 bits per heavy atom. The van der Waals surface area contributed by atoms with Crippen molar-refractivity contribution in [3.63, 3.8) is 0 Å². The summed E-state index contributed by atoms with van der Waals surface area (Å²) in [7, 11) is 0. The molecule has 1 amide bonds. The molecule has 1 aromatic carbocycles. The van der Waals surface area contributed by atoms with Gasteiger partial charge in [0.05, 0.1) is 0 Å². The van der Waals surface area contributed by atoms with E-state index < -0.39 is 0 Å². The zero-order valence-corrected chi connectivity index (χ0v) is 11.6. The second-order valence-corrected chi connectivity index (χ2v) is 4.70. The summed E-state index contributed by atoms with van der Waals surface area (Å²) in [6.45, 7) is 8.21. The number of rotatable bonds is 6. The van der Waals surface area contributed by atoms with Crippen LogP contribution in [0, 0.1) is 5.92 Å². The zero-order valence-electron chi connectivity index (χ0n) is 11.6. The number of amides is 1. The van der Waals surface area contributed by atoms with Gasteiger partial charge in [-0.25, -0.2) is 0 Å². The third-order valence-corrected chi connectivity index (χ3v) is 3.23. The lowest BCUT2D eigenvalue weighted by atomic mass is 10.0. The maximum absolute atomic E-state index is 12.5. The Labute approximate surface area is 110 Å². The molecule has 0 aliphatic heterocycles. The Kier molecular flexibility index (Phi) is 5.86. The molecule has 0 aromatic heterocycles. The fourth-order valence-electron chi connectivity index (χ4n) is 2.01. The van der Waals surface area contributed by atoms with Crippen molar-refractivity contribution in [3.8, 4) is 0 Å². The van der Waals surface area contributed by atoms with E-state index in [1.807, 2.05) is 36.1 Å². The van der Waals surface area contributed by atoms with Gasteiger partial charge in [0.15, 0.2) is 0 Å². The molecule has 3 nitrogen and oxygen atoms in total. The molecule has 0 saturated carbocycles. The molecule has 0 spiro atoms. The topological polar surface area (TPSA) is 46.3 Å². The summed E-state index contributed by atoms with van der Waals surface area (Å²) in [5, 5.41) is 0. The van der Waals surface area contributed by atoms with Crippen LogP contribution in [-0.4, -0.2) is 30.4 Å². The molecule has 1 aromatic rings. The largest absolute Gasteiger partial charge is 0.339 e. The molecule has 0 bridgehead atoms. The summed E-state index contributed by atoms with van der Waals surface area (Å²) in [6.07, 6.45) is 0.881. The SMILES string of the molecule is CCc1ccccc1C(=O)N(CC)CC(C)CN. The maximum Gasteiger partial charge on any atom is 0.254 e. The number of aryl methyl sites for hydroxylation is 1. The number of hydrogen-bond donors (Lipinski definition) is 1. The summed E-state index contributed by atoms with van der Waals surface area (Å²) in [5.74, 6) is 0.456. The Bertz CT molecular complexity index is 390. The predicted octanol–water partition coefficient (Wildman–Crippen LogP) is 2.31. The van der Waals surface area contributed by atoms with Crippen molar-refractivity contribution in [3.05, 3.63) is 35.4 Å². The highest BCUT2D eigenvalue weighted by Gasteiger charge is 2.18. The third kappa shape index (κ3) is 3.57. The lowest BCUT2D eigenvalue weighted by molar-refractivity contribution is 0.0742. The average molecular weight is 248 g/mol. The first-order valence-electron chi connectivity index (χ1n) is 6.71. The molecule has 0 heterocycles. The highest BCUT2D eigenvalue weighted by atomic mass is 16.2. The van der Waals surface area contributed by atoms with Crippen LogP contribution in [0.5, 0.6) is 0 Å². The molecule has 3 heteroatoms. The number of nitrogens with two attached hydrogens (primary N) is 1. The van der Waals surface area contributed by atoms with E-state index in [2.05, 4.69) is 13.8 Å². The van der Waals surface area contributed by atoms with E-state index in [0.717, 1.165) is 30.6 Å². The number of carbonyl (C=O) groups is 1. The molecular weight excluding hydrogens is 224 g/mol. The van der Waals surface area contributed by atoms with Crippen LogP contribution in [-0.2, 0) is 6.42 Å². The van der Waals surface area contributed by atoms with Gasteiger partial charge in [-0.05, 0) is 37.4 Å². The van der Waals surface area contributed by atoms with Crippen LogP contribution >= 0.6 is 0 Å². The van der Waals surface area contributed by atoms with Crippen molar-refractivity contribution in [2.75, 3.05) is 19.6 Å². The maximum atomic E-state index is 12.5. The van der Waals surface area contributed by atoms with E-state index in [-0.39, 0.29) is 5.91 Å². The first kappa shape index (κ1) is 14.7. The first-order valence-corrected chi connectivity index (χ1v) is 6.71. The van der Waals surface area contributed by atoms with Gasteiger partial charge in [0, 0.05) is 18.7 Å². The molecule has 1 rings (SSSR count). The molecule has 0 saturated heterocycles. The summed E-state index contributed by atoms with van der Waals surface area (Å²) >= 11 is 0. The van der Waals surface area contributed by atoms with E-state index in [1.54, 1.807) is 0 Å². The quantitative estimate of drug-likeness (QED) is 0.839. The second kappa shape index (κ2) is 7.17. The van der Waals surface area contributed by atoms with Gasteiger partial charge in [-0.2, -0.15) is 0 Å². The van der Waals surface area contributed by atoms with Crippen molar-refractivity contribution in [2.24, 2.45) is 11.7 Å². The summed E-state index contributed by atoms with van der Waals surface area (Å²) < 4.78 is 0. The molecular formula is C15H24N2O. The Hall–Kier alpha value is -1.35. The molecule has 1 atom stereocenters. The molecule has 18 heavy (non-hydrogen) atoms. The van der Waals surface area contributed by atoms with Crippen LogP contribution in [0.4, 0.5) is 0 Å². The number of benzene rings is 1. The van der Waals surface area contributed by atoms with Crippen molar-refractivity contribution in [2.45, 2.75) is 27.2 Å². The minimum atomic E-state index is 0.121. The van der Waals surface area contributed by atoms with Crippen LogP contribution in [0.1, 0.15) is 36.7 Å². The standard InChI is InChI=1S/C15H24N2O/c1-4-13-8-6-7-9-14(13)15(18)17(5-2)11-12(3)10-16/h6-9,12H,4-5,10-11,16H2,1-3H3. The zero-order chi connectivity index (χ0) is 13.5. The highest BCUT2D eigenvalue weighted by molar-refractivity contribution is 5.95. The lowest BCUT2D eigenvalue weighted by Gasteiger charge is -2.25. The second-order valence-electron chi connectivity index (χ2n) is 4.70. The van der Waals surface area contributed by atoms with Gasteiger partial charge < -0.3 is 10.6 Å². The van der Waals surface area contributed by atoms with Crippen LogP contribution in [0.15, 0.2) is 24.3 Å². The van der Waals surface area contributed by atoms with Gasteiger partial charge in [0.2, 0.25) is 0 Å². The number of nitrogens with zero attached hydrogens (tertiary/aromatic N) is 1. The average Bonchev–Trinajstić information content (AvgIpc) is 2.43. The molecule has 0 aliphatic rings. The van der Waals surface area contributed by atoms with Gasteiger partial charge in [0.25, 0.3) is 5.91 Å². The summed E-state index contributed by atoms with van der Waals surface area (Å²) in [4.78, 5) is 14.4. The van der Waals surface area contributed by atoms with E-state index in [4.69, 9.17) is 5.73 Å². The fraction of sp³-hybridized carbons (Fsp3) is 0.533. The van der Waals surface area contributed by atoms with Crippen LogP contribution in [0.3, 0.4) is 0 Å². The normalized spacial score (nSPS) is 12.2. The first-order chi connectivity index (χ1) is 8.63. The fourth-order valence-corrected chi connectivity index (χ4v) is 2.01. The smallest absolute Gasteiger partial charge is 0.254 e. The third-order valence-electron chi connectivity index (χ3n) is 3.23. The lowest BCUT2D eigenvalue weighted by Crippen LogP contribution is -2.37. The Balaban J connectivity index is 2.89. The minimum Gasteiger partial charge on any atom is -0.339 e.